The number of ether oxygens (including phenoxy) is 1. The van der Waals surface area contributed by atoms with E-state index in [0.717, 1.165) is 25.0 Å². The lowest BCUT2D eigenvalue weighted by atomic mass is 9.93. The number of hydrogen-bond donors (Lipinski definition) is 1. The summed E-state index contributed by atoms with van der Waals surface area (Å²) in [4.78, 5) is 10.3. The molecule has 0 bridgehead atoms. The lowest BCUT2D eigenvalue weighted by Gasteiger charge is -2.26. The Balaban J connectivity index is 2.13. The van der Waals surface area contributed by atoms with Crippen LogP contribution >= 0.6 is 0 Å². The molecule has 2 unspecified atom stereocenters. The molecule has 3 rings (SSSR count). The smallest absolute Gasteiger partial charge is 0.376 e. The first kappa shape index (κ1) is 17.6. The summed E-state index contributed by atoms with van der Waals surface area (Å²) in [5, 5.41) is 25.6. The van der Waals surface area contributed by atoms with E-state index in [1.54, 1.807) is 0 Å². The molecule has 0 saturated carbocycles. The molecular formula is C15H16F3N3O4. The molecule has 1 aromatic heterocycles. The molecule has 1 fully saturated rings. The Hall–Kier alpha value is -2.20. The number of rotatable bonds is 3. The number of nitro benzene ring substituents is 1. The van der Waals surface area contributed by atoms with Crippen LogP contribution in [0.15, 0.2) is 18.3 Å². The fourth-order valence-corrected chi connectivity index (χ4v) is 2.85. The minimum atomic E-state index is -5.07. The first-order valence-corrected chi connectivity index (χ1v) is 7.70. The Morgan fingerprint density at radius 3 is 2.68 bits per heavy atom. The van der Waals surface area contributed by atoms with Crippen molar-refractivity contribution < 1.29 is 27.9 Å². The van der Waals surface area contributed by atoms with Crippen LogP contribution in [0.4, 0.5) is 18.9 Å². The van der Waals surface area contributed by atoms with Crippen LogP contribution in [0.1, 0.15) is 38.0 Å². The van der Waals surface area contributed by atoms with Crippen LogP contribution in [-0.2, 0) is 10.3 Å². The fourth-order valence-electron chi connectivity index (χ4n) is 2.85. The van der Waals surface area contributed by atoms with Crippen LogP contribution in [0.2, 0.25) is 0 Å². The number of halogens is 3. The highest BCUT2D eigenvalue weighted by Crippen LogP contribution is 2.43. The molecule has 1 aliphatic heterocycles. The molecule has 2 aromatic rings. The minimum Gasteiger partial charge on any atom is -0.376 e. The highest BCUT2D eigenvalue weighted by Gasteiger charge is 2.54. The largest absolute Gasteiger partial charge is 0.421 e. The highest BCUT2D eigenvalue weighted by molar-refractivity contribution is 5.82. The summed E-state index contributed by atoms with van der Waals surface area (Å²) >= 11 is 0. The molecule has 2 atom stereocenters. The van der Waals surface area contributed by atoms with Gasteiger partial charge in [-0.15, -0.1) is 0 Å². The highest BCUT2D eigenvalue weighted by atomic mass is 19.4. The average molecular weight is 359 g/mol. The summed E-state index contributed by atoms with van der Waals surface area (Å²) in [7, 11) is 0. The van der Waals surface area contributed by atoms with Gasteiger partial charge in [-0.3, -0.25) is 10.1 Å². The van der Waals surface area contributed by atoms with Crippen LogP contribution in [0.5, 0.6) is 0 Å². The summed E-state index contributed by atoms with van der Waals surface area (Å²) < 4.78 is 46.4. The Labute approximate surface area is 140 Å². The van der Waals surface area contributed by atoms with E-state index in [9.17, 15) is 28.4 Å². The quantitative estimate of drug-likeness (QED) is 0.670. The van der Waals surface area contributed by atoms with Crippen molar-refractivity contribution in [3.05, 3.63) is 34.0 Å². The Kier molecular flexibility index (Phi) is 4.20. The molecule has 25 heavy (non-hydrogen) atoms. The Bertz CT molecular complexity index is 810. The van der Waals surface area contributed by atoms with E-state index in [0.29, 0.717) is 25.3 Å². The summed E-state index contributed by atoms with van der Waals surface area (Å²) in [6.45, 7) is 1.04. The van der Waals surface area contributed by atoms with Crippen molar-refractivity contribution in [1.82, 2.24) is 9.78 Å². The zero-order chi connectivity index (χ0) is 18.4. The number of aliphatic hydroxyl groups is 1. The van der Waals surface area contributed by atoms with Gasteiger partial charge >= 0.3 is 6.18 Å². The van der Waals surface area contributed by atoms with E-state index in [1.807, 2.05) is 0 Å². The van der Waals surface area contributed by atoms with Crippen LogP contribution in [0.25, 0.3) is 10.9 Å². The fraction of sp³-hybridized carbons (Fsp3) is 0.533. The number of fused-ring (bicyclic) bond motifs is 1. The van der Waals surface area contributed by atoms with Gasteiger partial charge in [0.2, 0.25) is 0 Å². The first-order chi connectivity index (χ1) is 11.6. The van der Waals surface area contributed by atoms with Gasteiger partial charge in [0.1, 0.15) is 6.23 Å². The third-order valence-corrected chi connectivity index (χ3v) is 4.36. The van der Waals surface area contributed by atoms with Crippen LogP contribution in [0.3, 0.4) is 0 Å². The van der Waals surface area contributed by atoms with E-state index < -0.39 is 28.0 Å². The maximum Gasteiger partial charge on any atom is 0.421 e. The predicted octanol–water partition coefficient (Wildman–Crippen LogP) is 3.41. The van der Waals surface area contributed by atoms with Crippen LogP contribution < -0.4 is 0 Å². The molecule has 136 valence electrons. The number of nitrogens with zero attached hydrogens (tertiary/aromatic N) is 3. The number of aromatic nitrogens is 2. The molecule has 0 aliphatic carbocycles. The molecule has 2 heterocycles. The molecule has 1 aromatic carbocycles. The topological polar surface area (TPSA) is 90.4 Å². The maximum atomic E-state index is 13.1. The van der Waals surface area contributed by atoms with Crippen molar-refractivity contribution in [3.8, 4) is 0 Å². The van der Waals surface area contributed by atoms with Crippen molar-refractivity contribution in [3.63, 3.8) is 0 Å². The van der Waals surface area contributed by atoms with E-state index in [2.05, 4.69) is 5.10 Å². The molecule has 1 N–H and O–H groups in total. The van der Waals surface area contributed by atoms with Gasteiger partial charge in [0.15, 0.2) is 5.60 Å². The number of hydrogen-bond acceptors (Lipinski definition) is 5. The van der Waals surface area contributed by atoms with Crippen molar-refractivity contribution >= 4 is 16.6 Å². The molecule has 0 radical (unpaired) electrons. The summed E-state index contributed by atoms with van der Waals surface area (Å²) in [6.07, 6.45) is -1.38. The Morgan fingerprint density at radius 1 is 1.40 bits per heavy atom. The number of alkyl halides is 3. The van der Waals surface area contributed by atoms with E-state index in [4.69, 9.17) is 4.74 Å². The molecule has 7 nitrogen and oxygen atoms in total. The van der Waals surface area contributed by atoms with Crippen LogP contribution in [-0.4, -0.2) is 32.6 Å². The monoisotopic (exact) mass is 359 g/mol. The third-order valence-electron chi connectivity index (χ3n) is 4.36. The van der Waals surface area contributed by atoms with Gasteiger partial charge in [-0.25, -0.2) is 4.68 Å². The lowest BCUT2D eigenvalue weighted by Crippen LogP contribution is -2.39. The summed E-state index contributed by atoms with van der Waals surface area (Å²) in [5.74, 6) is 0. The van der Waals surface area contributed by atoms with E-state index >= 15 is 0 Å². The van der Waals surface area contributed by atoms with Crippen molar-refractivity contribution in [2.24, 2.45) is 0 Å². The first-order valence-electron chi connectivity index (χ1n) is 7.70. The molecule has 10 heteroatoms. The predicted molar refractivity (Wildman–Crippen MR) is 80.9 cm³/mol. The van der Waals surface area contributed by atoms with Gasteiger partial charge in [-0.05, 0) is 32.3 Å². The van der Waals surface area contributed by atoms with Gasteiger partial charge in [-0.1, -0.05) is 0 Å². The zero-order valence-corrected chi connectivity index (χ0v) is 13.3. The van der Waals surface area contributed by atoms with E-state index in [-0.39, 0.29) is 11.7 Å². The third kappa shape index (κ3) is 3.07. The second kappa shape index (κ2) is 5.95. The van der Waals surface area contributed by atoms with Crippen molar-refractivity contribution in [1.29, 1.82) is 0 Å². The second-order valence-electron chi connectivity index (χ2n) is 6.19. The molecular weight excluding hydrogens is 343 g/mol. The molecule has 1 saturated heterocycles. The molecule has 0 spiro atoms. The van der Waals surface area contributed by atoms with E-state index in [1.165, 1.54) is 10.9 Å². The molecule has 1 aliphatic rings. The van der Waals surface area contributed by atoms with Gasteiger partial charge in [-0.2, -0.15) is 18.3 Å². The number of nitro groups is 1. The average Bonchev–Trinajstić information content (AvgIpc) is 2.96. The number of benzene rings is 1. The van der Waals surface area contributed by atoms with Crippen LogP contribution in [0, 0.1) is 10.1 Å². The SMILES string of the molecule is CC(O)(c1cc2nn(C3CCCCO3)cc2cc1[N+](=O)[O-])C(F)(F)F. The lowest BCUT2D eigenvalue weighted by molar-refractivity contribution is -0.388. The van der Waals surface area contributed by atoms with Crippen molar-refractivity contribution in [2.75, 3.05) is 6.61 Å². The summed E-state index contributed by atoms with van der Waals surface area (Å²) in [5.41, 5.74) is -4.89. The zero-order valence-electron chi connectivity index (χ0n) is 13.3. The minimum absolute atomic E-state index is 0.124. The van der Waals surface area contributed by atoms with Gasteiger partial charge in [0.05, 0.1) is 16.0 Å². The van der Waals surface area contributed by atoms with Gasteiger partial charge in [0.25, 0.3) is 5.69 Å². The second-order valence-corrected chi connectivity index (χ2v) is 6.19. The molecule has 0 amide bonds. The normalized spacial score (nSPS) is 21.2. The van der Waals surface area contributed by atoms with Gasteiger partial charge in [0, 0.05) is 24.3 Å². The van der Waals surface area contributed by atoms with Crippen molar-refractivity contribution in [2.45, 2.75) is 44.2 Å². The standard InChI is InChI=1S/C15H16F3N3O4/c1-14(22,15(16,17)18)10-7-11-9(6-12(10)21(23)24)8-20(19-11)13-4-2-3-5-25-13/h6-8,13,22H,2-5H2,1H3. The summed E-state index contributed by atoms with van der Waals surface area (Å²) in [6, 6.07) is 1.91. The Morgan fingerprint density at radius 2 is 2.12 bits per heavy atom. The maximum absolute atomic E-state index is 13.1. The van der Waals surface area contributed by atoms with Gasteiger partial charge < -0.3 is 9.84 Å².